The van der Waals surface area contributed by atoms with Crippen LogP contribution in [0.1, 0.15) is 19.3 Å². The number of nitrogens with zero attached hydrogens (tertiary/aromatic N) is 4. The van der Waals surface area contributed by atoms with Gasteiger partial charge in [0.05, 0.1) is 12.6 Å². The highest BCUT2D eigenvalue weighted by Gasteiger charge is 2.32. The molecule has 0 aliphatic heterocycles. The third kappa shape index (κ3) is 3.27. The Labute approximate surface area is 98.0 Å². The van der Waals surface area contributed by atoms with Gasteiger partial charge in [-0.05, 0) is 12.8 Å². The van der Waals surface area contributed by atoms with E-state index < -0.39 is 5.97 Å². The molecule has 7 heteroatoms. The number of aliphatic carboxylic acids is 1. The summed E-state index contributed by atoms with van der Waals surface area (Å²) in [4.78, 5) is 24.1. The fourth-order valence-corrected chi connectivity index (χ4v) is 1.66. The van der Waals surface area contributed by atoms with Crippen LogP contribution in [-0.4, -0.2) is 49.5 Å². The van der Waals surface area contributed by atoms with Crippen molar-refractivity contribution in [2.75, 3.05) is 6.54 Å². The Balaban J connectivity index is 1.91. The first kappa shape index (κ1) is 11.6. The number of carboxylic acids is 1. The summed E-state index contributed by atoms with van der Waals surface area (Å²) < 4.78 is 1.44. The molecule has 2 rings (SSSR count). The van der Waals surface area contributed by atoms with Crippen LogP contribution in [0.4, 0.5) is 0 Å². The number of hydrogen-bond donors (Lipinski definition) is 1. The Morgan fingerprint density at radius 1 is 1.47 bits per heavy atom. The average molecular weight is 238 g/mol. The second-order valence-electron chi connectivity index (χ2n) is 4.06. The molecule has 1 saturated carbocycles. The van der Waals surface area contributed by atoms with Crippen molar-refractivity contribution in [1.82, 2.24) is 19.9 Å². The number of rotatable bonds is 6. The van der Waals surface area contributed by atoms with E-state index in [0.717, 1.165) is 12.8 Å². The standard InChI is InChI=1S/C10H14N4O3/c15-9(7-13-6-4-11-12-13)14(8-1-2-8)5-3-10(16)17/h4,6,8H,1-3,5,7H2,(H,16,17). The molecule has 1 heterocycles. The lowest BCUT2D eigenvalue weighted by Crippen LogP contribution is -2.37. The predicted molar refractivity (Wildman–Crippen MR) is 57.0 cm³/mol. The third-order valence-corrected chi connectivity index (χ3v) is 2.64. The summed E-state index contributed by atoms with van der Waals surface area (Å²) in [5.41, 5.74) is 0. The Bertz CT molecular complexity index is 400. The van der Waals surface area contributed by atoms with Crippen LogP contribution in [0.2, 0.25) is 0 Å². The highest BCUT2D eigenvalue weighted by atomic mass is 16.4. The van der Waals surface area contributed by atoms with Gasteiger partial charge in [0.1, 0.15) is 6.54 Å². The summed E-state index contributed by atoms with van der Waals surface area (Å²) in [6, 6.07) is 0.213. The molecule has 92 valence electrons. The van der Waals surface area contributed by atoms with Gasteiger partial charge in [0.25, 0.3) is 0 Å². The first-order valence-electron chi connectivity index (χ1n) is 5.52. The van der Waals surface area contributed by atoms with Crippen LogP contribution in [0.5, 0.6) is 0 Å². The molecule has 1 fully saturated rings. The van der Waals surface area contributed by atoms with Crippen molar-refractivity contribution in [3.05, 3.63) is 12.4 Å². The maximum atomic E-state index is 11.9. The molecule has 7 nitrogen and oxygen atoms in total. The second-order valence-corrected chi connectivity index (χ2v) is 4.06. The van der Waals surface area contributed by atoms with Crippen LogP contribution < -0.4 is 0 Å². The number of hydrogen-bond acceptors (Lipinski definition) is 4. The molecule has 1 N–H and O–H groups in total. The Morgan fingerprint density at radius 2 is 2.24 bits per heavy atom. The maximum absolute atomic E-state index is 11.9. The van der Waals surface area contributed by atoms with Crippen LogP contribution >= 0.6 is 0 Å². The van der Waals surface area contributed by atoms with Gasteiger partial charge in [0.2, 0.25) is 5.91 Å². The van der Waals surface area contributed by atoms with Gasteiger partial charge in [-0.25, -0.2) is 4.68 Å². The minimum absolute atomic E-state index is 0.0143. The van der Waals surface area contributed by atoms with E-state index in [1.54, 1.807) is 11.1 Å². The summed E-state index contributed by atoms with van der Waals surface area (Å²) in [6.07, 6.45) is 5.02. The van der Waals surface area contributed by atoms with Crippen molar-refractivity contribution in [3.63, 3.8) is 0 Å². The minimum atomic E-state index is -0.885. The van der Waals surface area contributed by atoms with E-state index in [4.69, 9.17) is 5.11 Å². The molecule has 1 aliphatic carbocycles. The highest BCUT2D eigenvalue weighted by Crippen LogP contribution is 2.27. The van der Waals surface area contributed by atoms with Gasteiger partial charge in [-0.1, -0.05) is 5.21 Å². The third-order valence-electron chi connectivity index (χ3n) is 2.64. The molecule has 1 amide bonds. The van der Waals surface area contributed by atoms with Crippen molar-refractivity contribution in [2.24, 2.45) is 0 Å². The molecule has 0 spiro atoms. The Morgan fingerprint density at radius 3 is 2.76 bits per heavy atom. The largest absolute Gasteiger partial charge is 0.481 e. The minimum Gasteiger partial charge on any atom is -0.481 e. The van der Waals surface area contributed by atoms with E-state index in [9.17, 15) is 9.59 Å². The van der Waals surface area contributed by atoms with Gasteiger partial charge >= 0.3 is 5.97 Å². The zero-order valence-electron chi connectivity index (χ0n) is 9.32. The Hall–Kier alpha value is -1.92. The molecular weight excluding hydrogens is 224 g/mol. The summed E-state index contributed by atoms with van der Waals surface area (Å²) >= 11 is 0. The number of carbonyl (C=O) groups is 2. The fraction of sp³-hybridized carbons (Fsp3) is 0.600. The van der Waals surface area contributed by atoms with Crippen LogP contribution in [0, 0.1) is 0 Å². The van der Waals surface area contributed by atoms with E-state index in [1.807, 2.05) is 0 Å². The van der Waals surface area contributed by atoms with Gasteiger partial charge in [-0.2, -0.15) is 0 Å². The van der Waals surface area contributed by atoms with Gasteiger partial charge in [0.15, 0.2) is 0 Å². The topological polar surface area (TPSA) is 88.3 Å². The molecule has 1 aliphatic rings. The van der Waals surface area contributed by atoms with Crippen LogP contribution in [0.3, 0.4) is 0 Å². The summed E-state index contributed by atoms with van der Waals surface area (Å²) in [7, 11) is 0. The average Bonchev–Trinajstić information content (AvgIpc) is 2.97. The van der Waals surface area contributed by atoms with E-state index in [-0.39, 0.29) is 31.5 Å². The quantitative estimate of drug-likeness (QED) is 0.737. The second kappa shape index (κ2) is 4.94. The first-order valence-corrected chi connectivity index (χ1v) is 5.52. The molecule has 0 atom stereocenters. The van der Waals surface area contributed by atoms with Crippen molar-refractivity contribution < 1.29 is 14.7 Å². The SMILES string of the molecule is O=C(O)CCN(C(=O)Cn1ccnn1)C1CC1. The molecule has 0 unspecified atom stereocenters. The lowest BCUT2D eigenvalue weighted by molar-refractivity contribution is -0.138. The molecule has 0 aromatic carbocycles. The molecule has 0 bridgehead atoms. The van der Waals surface area contributed by atoms with Crippen molar-refractivity contribution >= 4 is 11.9 Å². The number of amides is 1. The predicted octanol–water partition coefficient (Wildman–Crippen LogP) is -0.256. The number of aromatic nitrogens is 3. The maximum Gasteiger partial charge on any atom is 0.305 e. The lowest BCUT2D eigenvalue weighted by atomic mass is 10.3. The summed E-state index contributed by atoms with van der Waals surface area (Å²) in [5, 5.41) is 16.0. The van der Waals surface area contributed by atoms with Crippen LogP contribution in [0.25, 0.3) is 0 Å². The van der Waals surface area contributed by atoms with Crippen LogP contribution in [0.15, 0.2) is 12.4 Å². The molecule has 17 heavy (non-hydrogen) atoms. The van der Waals surface area contributed by atoms with Crippen molar-refractivity contribution in [3.8, 4) is 0 Å². The zero-order chi connectivity index (χ0) is 12.3. The van der Waals surface area contributed by atoms with Crippen LogP contribution in [-0.2, 0) is 16.1 Å². The molecular formula is C10H14N4O3. The van der Waals surface area contributed by atoms with Gasteiger partial charge in [-0.15, -0.1) is 5.10 Å². The van der Waals surface area contributed by atoms with Crippen molar-refractivity contribution in [1.29, 1.82) is 0 Å². The Kier molecular flexibility index (Phi) is 3.36. The van der Waals surface area contributed by atoms with Gasteiger partial charge < -0.3 is 10.0 Å². The summed E-state index contributed by atoms with van der Waals surface area (Å²) in [6.45, 7) is 0.393. The normalized spacial score (nSPS) is 14.6. The number of carboxylic acid groups (broad SMARTS) is 1. The van der Waals surface area contributed by atoms with Crippen molar-refractivity contribution in [2.45, 2.75) is 31.8 Å². The van der Waals surface area contributed by atoms with E-state index in [0.29, 0.717) is 0 Å². The molecule has 1 aromatic heterocycles. The molecule has 0 saturated heterocycles. The first-order chi connectivity index (χ1) is 8.16. The highest BCUT2D eigenvalue weighted by molar-refractivity contribution is 5.77. The lowest BCUT2D eigenvalue weighted by Gasteiger charge is -2.21. The van der Waals surface area contributed by atoms with E-state index >= 15 is 0 Å². The number of carbonyl (C=O) groups excluding carboxylic acids is 1. The molecule has 1 aromatic rings. The monoisotopic (exact) mass is 238 g/mol. The zero-order valence-corrected chi connectivity index (χ0v) is 9.32. The van der Waals surface area contributed by atoms with E-state index in [2.05, 4.69) is 10.3 Å². The van der Waals surface area contributed by atoms with Gasteiger partial charge in [0, 0.05) is 18.8 Å². The van der Waals surface area contributed by atoms with Gasteiger partial charge in [-0.3, -0.25) is 9.59 Å². The molecule has 0 radical (unpaired) electrons. The summed E-state index contributed by atoms with van der Waals surface area (Å²) in [5.74, 6) is -0.983. The van der Waals surface area contributed by atoms with E-state index in [1.165, 1.54) is 10.9 Å². The smallest absolute Gasteiger partial charge is 0.305 e. The fourth-order valence-electron chi connectivity index (χ4n) is 1.66.